The maximum absolute atomic E-state index is 12.2. The van der Waals surface area contributed by atoms with Gasteiger partial charge in [0.2, 0.25) is 0 Å². The number of aryl methyl sites for hydroxylation is 2. The van der Waals surface area contributed by atoms with Gasteiger partial charge in [-0.25, -0.2) is 9.59 Å². The quantitative estimate of drug-likeness (QED) is 0.732. The van der Waals surface area contributed by atoms with E-state index < -0.39 is 17.9 Å². The lowest BCUT2D eigenvalue weighted by molar-refractivity contribution is -0.138. The van der Waals surface area contributed by atoms with Gasteiger partial charge in [-0.15, -0.1) is 0 Å². The molecule has 0 N–H and O–H groups in total. The number of Topliss-reactive ketones (excluding diaryl/α,β-unsaturated/α-hetero) is 1. The van der Waals surface area contributed by atoms with Gasteiger partial charge in [0.05, 0.1) is 23.7 Å². The van der Waals surface area contributed by atoms with Crippen molar-refractivity contribution >= 4 is 17.7 Å². The summed E-state index contributed by atoms with van der Waals surface area (Å²) in [5.41, 5.74) is 2.68. The molecule has 1 fully saturated rings. The van der Waals surface area contributed by atoms with Crippen LogP contribution in [0.5, 0.6) is 0 Å². The van der Waals surface area contributed by atoms with E-state index in [0.717, 1.165) is 11.1 Å². The fraction of sp³-hybridized carbons (Fsp3) is 0.318. The zero-order valence-corrected chi connectivity index (χ0v) is 15.4. The summed E-state index contributed by atoms with van der Waals surface area (Å²) >= 11 is 0. The predicted octanol–water partition coefficient (Wildman–Crippen LogP) is 3.52. The van der Waals surface area contributed by atoms with E-state index in [0.29, 0.717) is 17.5 Å². The molecule has 140 valence electrons. The Morgan fingerprint density at radius 2 is 1.33 bits per heavy atom. The molecule has 3 rings (SSSR count). The first-order valence-electron chi connectivity index (χ1n) is 8.95. The lowest BCUT2D eigenvalue weighted by atomic mass is 9.73. The number of rotatable bonds is 6. The van der Waals surface area contributed by atoms with Crippen LogP contribution in [0.3, 0.4) is 0 Å². The summed E-state index contributed by atoms with van der Waals surface area (Å²) in [6.45, 7) is 3.83. The molecular weight excluding hydrogens is 344 g/mol. The number of ketones is 1. The molecule has 0 radical (unpaired) electrons. The lowest BCUT2D eigenvalue weighted by Gasteiger charge is -2.33. The van der Waals surface area contributed by atoms with Crippen molar-refractivity contribution in [3.63, 3.8) is 0 Å². The Morgan fingerprint density at radius 3 is 1.81 bits per heavy atom. The molecule has 1 aliphatic rings. The number of hydrogen-bond acceptors (Lipinski definition) is 5. The van der Waals surface area contributed by atoms with Gasteiger partial charge in [-0.1, -0.05) is 36.4 Å². The number of carbonyl (C=O) groups excluding carboxylic acids is 3. The van der Waals surface area contributed by atoms with Gasteiger partial charge in [-0.3, -0.25) is 4.79 Å². The monoisotopic (exact) mass is 366 g/mol. The molecule has 0 amide bonds. The van der Waals surface area contributed by atoms with Crippen molar-refractivity contribution in [1.82, 2.24) is 0 Å². The highest BCUT2D eigenvalue weighted by atomic mass is 16.5. The Bertz CT molecular complexity index is 871. The first kappa shape index (κ1) is 18.8. The van der Waals surface area contributed by atoms with Gasteiger partial charge in [-0.2, -0.15) is 0 Å². The zero-order valence-electron chi connectivity index (χ0n) is 15.4. The van der Waals surface area contributed by atoms with Crippen molar-refractivity contribution in [2.45, 2.75) is 20.3 Å². The first-order chi connectivity index (χ1) is 13.0. The van der Waals surface area contributed by atoms with Crippen molar-refractivity contribution in [3.8, 4) is 0 Å². The average Bonchev–Trinajstić information content (AvgIpc) is 2.65. The molecule has 0 spiro atoms. The molecule has 0 heterocycles. The molecular formula is C22H22O5. The van der Waals surface area contributed by atoms with Crippen LogP contribution in [-0.4, -0.2) is 30.9 Å². The minimum atomic E-state index is -0.441. The van der Waals surface area contributed by atoms with E-state index in [2.05, 4.69) is 0 Å². The third-order valence-electron chi connectivity index (χ3n) is 5.00. The third-order valence-corrected chi connectivity index (χ3v) is 5.00. The van der Waals surface area contributed by atoms with Crippen molar-refractivity contribution < 1.29 is 23.9 Å². The Labute approximate surface area is 158 Å². The molecule has 0 aliphatic heterocycles. The molecule has 5 nitrogen and oxygen atoms in total. The predicted molar refractivity (Wildman–Crippen MR) is 99.5 cm³/mol. The standard InChI is InChI=1S/C22H22O5/c1-14-7-3-5-9-17(14)21(24)26-12-16-11-20(23)19(16)13-27-22(25)18-10-6-4-8-15(18)2/h3-10,16,19H,11-13H2,1-2H3/t16-,19-/m1/s1. The van der Waals surface area contributed by atoms with Gasteiger partial charge < -0.3 is 9.47 Å². The highest BCUT2D eigenvalue weighted by molar-refractivity contribution is 5.92. The van der Waals surface area contributed by atoms with Crippen LogP contribution in [0.1, 0.15) is 38.3 Å². The molecule has 27 heavy (non-hydrogen) atoms. The number of esters is 2. The smallest absolute Gasteiger partial charge is 0.338 e. The van der Waals surface area contributed by atoms with E-state index >= 15 is 0 Å². The summed E-state index contributed by atoms with van der Waals surface area (Å²) < 4.78 is 10.7. The molecule has 5 heteroatoms. The Hall–Kier alpha value is -2.95. The number of carbonyl (C=O) groups is 3. The maximum atomic E-state index is 12.2. The summed E-state index contributed by atoms with van der Waals surface area (Å²) in [6, 6.07) is 14.3. The van der Waals surface area contributed by atoms with E-state index in [-0.39, 0.29) is 24.9 Å². The molecule has 0 saturated heterocycles. The third kappa shape index (κ3) is 4.25. The van der Waals surface area contributed by atoms with Crippen LogP contribution >= 0.6 is 0 Å². The molecule has 0 unspecified atom stereocenters. The van der Waals surface area contributed by atoms with Crippen molar-refractivity contribution in [1.29, 1.82) is 0 Å². The zero-order chi connectivity index (χ0) is 19.4. The van der Waals surface area contributed by atoms with Crippen LogP contribution in [0.15, 0.2) is 48.5 Å². The van der Waals surface area contributed by atoms with Gasteiger partial charge in [0.25, 0.3) is 0 Å². The van der Waals surface area contributed by atoms with E-state index in [1.54, 1.807) is 24.3 Å². The minimum absolute atomic E-state index is 0.0125. The summed E-state index contributed by atoms with van der Waals surface area (Å²) in [6.07, 6.45) is 0.341. The Balaban J connectivity index is 1.52. The second-order valence-electron chi connectivity index (χ2n) is 6.86. The normalized spacial score (nSPS) is 18.5. The topological polar surface area (TPSA) is 69.7 Å². The van der Waals surface area contributed by atoms with Gasteiger partial charge in [0.15, 0.2) is 0 Å². The number of benzene rings is 2. The molecule has 0 aromatic heterocycles. The van der Waals surface area contributed by atoms with E-state index in [4.69, 9.17) is 9.47 Å². The largest absolute Gasteiger partial charge is 0.462 e. The van der Waals surface area contributed by atoms with Crippen LogP contribution in [0.25, 0.3) is 0 Å². The summed E-state index contributed by atoms with van der Waals surface area (Å²) in [5.74, 6) is -1.34. The fourth-order valence-electron chi connectivity index (χ4n) is 3.17. The molecule has 1 saturated carbocycles. The lowest BCUT2D eigenvalue weighted by Crippen LogP contribution is -2.43. The summed E-state index contributed by atoms with van der Waals surface area (Å²) in [4.78, 5) is 36.3. The van der Waals surface area contributed by atoms with Crippen LogP contribution in [0.2, 0.25) is 0 Å². The maximum Gasteiger partial charge on any atom is 0.338 e. The summed E-state index contributed by atoms with van der Waals surface area (Å²) in [5, 5.41) is 0. The van der Waals surface area contributed by atoms with Crippen LogP contribution in [0.4, 0.5) is 0 Å². The average molecular weight is 366 g/mol. The first-order valence-corrected chi connectivity index (χ1v) is 8.95. The van der Waals surface area contributed by atoms with Crippen molar-refractivity contribution in [2.75, 3.05) is 13.2 Å². The fourth-order valence-corrected chi connectivity index (χ4v) is 3.17. The number of hydrogen-bond donors (Lipinski definition) is 0. The molecule has 2 aromatic rings. The molecule has 2 aromatic carbocycles. The SMILES string of the molecule is Cc1ccccc1C(=O)OC[C@H]1CC(=O)[C@@H]1COC(=O)c1ccccc1C. The van der Waals surface area contributed by atoms with Gasteiger partial charge in [0.1, 0.15) is 12.4 Å². The number of ether oxygens (including phenoxy) is 2. The molecule has 2 atom stereocenters. The van der Waals surface area contributed by atoms with Crippen molar-refractivity contribution in [3.05, 3.63) is 70.8 Å². The van der Waals surface area contributed by atoms with E-state index in [9.17, 15) is 14.4 Å². The van der Waals surface area contributed by atoms with Gasteiger partial charge >= 0.3 is 11.9 Å². The summed E-state index contributed by atoms with van der Waals surface area (Å²) in [7, 11) is 0. The second kappa shape index (κ2) is 8.16. The van der Waals surface area contributed by atoms with Gasteiger partial charge in [0, 0.05) is 12.3 Å². The van der Waals surface area contributed by atoms with Crippen LogP contribution in [0, 0.1) is 25.7 Å². The van der Waals surface area contributed by atoms with Crippen molar-refractivity contribution in [2.24, 2.45) is 11.8 Å². The molecule has 1 aliphatic carbocycles. The van der Waals surface area contributed by atoms with E-state index in [1.165, 1.54) is 0 Å². The highest BCUT2D eigenvalue weighted by Gasteiger charge is 2.41. The van der Waals surface area contributed by atoms with E-state index in [1.807, 2.05) is 38.1 Å². The highest BCUT2D eigenvalue weighted by Crippen LogP contribution is 2.31. The Morgan fingerprint density at radius 1 is 0.852 bits per heavy atom. The van der Waals surface area contributed by atoms with Gasteiger partial charge in [-0.05, 0) is 37.1 Å². The molecule has 0 bridgehead atoms. The van der Waals surface area contributed by atoms with Crippen LogP contribution < -0.4 is 0 Å². The Kier molecular flexibility index (Phi) is 5.69. The van der Waals surface area contributed by atoms with Crippen LogP contribution in [-0.2, 0) is 14.3 Å². The second-order valence-corrected chi connectivity index (χ2v) is 6.86. The minimum Gasteiger partial charge on any atom is -0.462 e.